The maximum atomic E-state index is 13.5. The zero-order valence-electron chi connectivity index (χ0n) is 16.9. The molecule has 32 heavy (non-hydrogen) atoms. The number of alkyl halides is 6. The van der Waals surface area contributed by atoms with E-state index in [1.165, 1.54) is 29.2 Å². The van der Waals surface area contributed by atoms with Gasteiger partial charge in [-0.3, -0.25) is 4.90 Å². The number of halogens is 6. The SMILES string of the molecule is [C-]#[N+]c1ccc(N(Cc2ccccc2C(F)(F)F)[C@H]2CCN(CCO)C2)cc1C(F)(F)F. The number of likely N-dealkylation sites (tertiary alicyclic amines) is 1. The first-order chi connectivity index (χ1) is 15.0. The molecule has 172 valence electrons. The molecule has 1 aliphatic rings. The lowest BCUT2D eigenvalue weighted by atomic mass is 10.0. The molecule has 0 spiro atoms. The third-order valence-corrected chi connectivity index (χ3v) is 5.51. The number of β-amino-alcohol motifs (C(OH)–C–C–N with tert-alkyl or cyclic N) is 1. The van der Waals surface area contributed by atoms with Gasteiger partial charge in [0.25, 0.3) is 0 Å². The van der Waals surface area contributed by atoms with E-state index in [1.54, 1.807) is 0 Å². The molecule has 0 aliphatic carbocycles. The van der Waals surface area contributed by atoms with Crippen molar-refractivity contribution in [2.24, 2.45) is 0 Å². The van der Waals surface area contributed by atoms with Crippen molar-refractivity contribution in [3.63, 3.8) is 0 Å². The van der Waals surface area contributed by atoms with E-state index in [0.717, 1.165) is 18.2 Å². The molecular formula is C22H21F6N3O. The minimum Gasteiger partial charge on any atom is -0.395 e. The molecule has 10 heteroatoms. The summed E-state index contributed by atoms with van der Waals surface area (Å²) in [5, 5.41) is 9.18. The maximum Gasteiger partial charge on any atom is 0.416 e. The molecule has 1 N–H and O–H groups in total. The van der Waals surface area contributed by atoms with Crippen LogP contribution >= 0.6 is 0 Å². The molecule has 1 fully saturated rings. The number of anilines is 1. The van der Waals surface area contributed by atoms with Gasteiger partial charge in [-0.2, -0.15) is 26.3 Å². The van der Waals surface area contributed by atoms with Gasteiger partial charge in [0, 0.05) is 37.9 Å². The van der Waals surface area contributed by atoms with Crippen LogP contribution in [0.25, 0.3) is 4.85 Å². The monoisotopic (exact) mass is 457 g/mol. The number of aliphatic hydroxyl groups is 1. The molecule has 1 atom stereocenters. The van der Waals surface area contributed by atoms with E-state index < -0.39 is 29.2 Å². The van der Waals surface area contributed by atoms with Crippen molar-refractivity contribution < 1.29 is 31.4 Å². The zero-order chi connectivity index (χ0) is 23.5. The van der Waals surface area contributed by atoms with Gasteiger partial charge < -0.3 is 10.0 Å². The van der Waals surface area contributed by atoms with E-state index in [-0.39, 0.29) is 30.4 Å². The molecule has 0 saturated carbocycles. The fourth-order valence-electron chi connectivity index (χ4n) is 3.99. The Morgan fingerprint density at radius 2 is 1.72 bits per heavy atom. The van der Waals surface area contributed by atoms with Crippen molar-refractivity contribution in [1.29, 1.82) is 0 Å². The third-order valence-electron chi connectivity index (χ3n) is 5.51. The Balaban J connectivity index is 2.05. The van der Waals surface area contributed by atoms with Crippen LogP contribution in [0.1, 0.15) is 23.1 Å². The van der Waals surface area contributed by atoms with Crippen molar-refractivity contribution in [2.45, 2.75) is 31.4 Å². The predicted octanol–water partition coefficient (Wildman–Crippen LogP) is 5.35. The summed E-state index contributed by atoms with van der Waals surface area (Å²) >= 11 is 0. The van der Waals surface area contributed by atoms with Gasteiger partial charge in [0.05, 0.1) is 24.3 Å². The van der Waals surface area contributed by atoms with Gasteiger partial charge in [0.1, 0.15) is 0 Å². The Hall–Kier alpha value is -2.77. The van der Waals surface area contributed by atoms with Crippen LogP contribution in [-0.2, 0) is 18.9 Å². The number of nitrogens with zero attached hydrogens (tertiary/aromatic N) is 3. The predicted molar refractivity (Wildman–Crippen MR) is 107 cm³/mol. The van der Waals surface area contributed by atoms with Crippen LogP contribution in [-0.4, -0.2) is 42.3 Å². The van der Waals surface area contributed by atoms with Crippen LogP contribution in [0.3, 0.4) is 0 Å². The first-order valence-corrected chi connectivity index (χ1v) is 9.88. The molecule has 3 rings (SSSR count). The lowest BCUT2D eigenvalue weighted by molar-refractivity contribution is -0.138. The first-order valence-electron chi connectivity index (χ1n) is 9.88. The molecule has 0 amide bonds. The van der Waals surface area contributed by atoms with Gasteiger partial charge in [-0.1, -0.05) is 24.3 Å². The van der Waals surface area contributed by atoms with Crippen molar-refractivity contribution >= 4 is 11.4 Å². The molecular weight excluding hydrogens is 436 g/mol. The van der Waals surface area contributed by atoms with Gasteiger partial charge in [-0.05, 0) is 30.2 Å². The molecule has 0 aromatic heterocycles. The van der Waals surface area contributed by atoms with E-state index in [9.17, 15) is 31.4 Å². The summed E-state index contributed by atoms with van der Waals surface area (Å²) in [7, 11) is 0. The van der Waals surface area contributed by atoms with Crippen LogP contribution in [0.4, 0.5) is 37.7 Å². The minimum absolute atomic E-state index is 0.0524. The van der Waals surface area contributed by atoms with Crippen LogP contribution in [0.5, 0.6) is 0 Å². The lowest BCUT2D eigenvalue weighted by Crippen LogP contribution is -2.38. The second-order valence-electron chi connectivity index (χ2n) is 7.56. The van der Waals surface area contributed by atoms with E-state index in [1.807, 2.05) is 4.90 Å². The van der Waals surface area contributed by atoms with Crippen molar-refractivity contribution in [3.8, 4) is 0 Å². The summed E-state index contributed by atoms with van der Waals surface area (Å²) in [6.45, 7) is 7.99. The van der Waals surface area contributed by atoms with Crippen LogP contribution in [0.2, 0.25) is 0 Å². The van der Waals surface area contributed by atoms with Gasteiger partial charge in [-0.15, -0.1) is 0 Å². The van der Waals surface area contributed by atoms with Crippen molar-refractivity contribution in [3.05, 3.63) is 70.6 Å². The topological polar surface area (TPSA) is 31.1 Å². The molecule has 0 bridgehead atoms. The van der Waals surface area contributed by atoms with E-state index >= 15 is 0 Å². The Labute approximate surface area is 181 Å². The van der Waals surface area contributed by atoms with Crippen LogP contribution in [0.15, 0.2) is 42.5 Å². The molecule has 2 aromatic rings. The first kappa shape index (κ1) is 23.9. The molecule has 1 aliphatic heterocycles. The summed E-state index contributed by atoms with van der Waals surface area (Å²) in [6, 6.07) is 7.85. The second kappa shape index (κ2) is 9.38. The average molecular weight is 457 g/mol. The molecule has 4 nitrogen and oxygen atoms in total. The highest BCUT2D eigenvalue weighted by molar-refractivity contribution is 5.63. The summed E-state index contributed by atoms with van der Waals surface area (Å²) in [5.41, 5.74) is -2.49. The Bertz CT molecular complexity index is 983. The van der Waals surface area contributed by atoms with Gasteiger partial charge in [0.2, 0.25) is 0 Å². The maximum absolute atomic E-state index is 13.5. The summed E-state index contributed by atoms with van der Waals surface area (Å²) in [5.74, 6) is 0. The fraction of sp³-hybridized carbons (Fsp3) is 0.409. The highest BCUT2D eigenvalue weighted by atomic mass is 19.4. The fourth-order valence-corrected chi connectivity index (χ4v) is 3.99. The largest absolute Gasteiger partial charge is 0.416 e. The quantitative estimate of drug-likeness (QED) is 0.469. The number of benzene rings is 2. The van der Waals surface area contributed by atoms with Crippen LogP contribution < -0.4 is 4.90 Å². The average Bonchev–Trinajstić information content (AvgIpc) is 3.19. The number of hydrogen-bond donors (Lipinski definition) is 1. The van der Waals surface area contributed by atoms with Gasteiger partial charge >= 0.3 is 12.4 Å². The summed E-state index contributed by atoms with van der Waals surface area (Å²) < 4.78 is 81.1. The Kier molecular flexibility index (Phi) is 7.00. The Morgan fingerprint density at radius 1 is 1.03 bits per heavy atom. The standard InChI is InChI=1S/C22H21F6N3O/c1-29-20-7-6-16(12-19(20)22(26,27)28)31(17-8-9-30(14-17)10-11-32)13-15-4-2-3-5-18(15)21(23,24)25/h2-7,12,17,32H,8-11,13-14H2/t17-/m0/s1. The van der Waals surface area contributed by atoms with Gasteiger partial charge in [-0.25, -0.2) is 4.85 Å². The molecule has 1 saturated heterocycles. The molecule has 0 radical (unpaired) electrons. The smallest absolute Gasteiger partial charge is 0.395 e. The molecule has 2 aromatic carbocycles. The third kappa shape index (κ3) is 5.34. The highest BCUT2D eigenvalue weighted by Crippen LogP contribution is 2.40. The lowest BCUT2D eigenvalue weighted by Gasteiger charge is -2.33. The Morgan fingerprint density at radius 3 is 2.34 bits per heavy atom. The van der Waals surface area contributed by atoms with Crippen LogP contribution in [0, 0.1) is 6.57 Å². The normalized spacial score (nSPS) is 17.4. The van der Waals surface area contributed by atoms with Crippen molar-refractivity contribution in [1.82, 2.24) is 4.90 Å². The summed E-state index contributed by atoms with van der Waals surface area (Å²) in [4.78, 5) is 6.37. The highest BCUT2D eigenvalue weighted by Gasteiger charge is 2.37. The second-order valence-corrected chi connectivity index (χ2v) is 7.56. The molecule has 0 unspecified atom stereocenters. The zero-order valence-corrected chi connectivity index (χ0v) is 16.9. The van der Waals surface area contributed by atoms with E-state index in [0.29, 0.717) is 26.1 Å². The van der Waals surface area contributed by atoms with E-state index in [4.69, 9.17) is 6.57 Å². The number of rotatable bonds is 6. The number of aliphatic hydroxyl groups excluding tert-OH is 1. The van der Waals surface area contributed by atoms with E-state index in [2.05, 4.69) is 4.85 Å². The molecule has 1 heterocycles. The van der Waals surface area contributed by atoms with Gasteiger partial charge in [0.15, 0.2) is 5.69 Å². The van der Waals surface area contributed by atoms with Crippen molar-refractivity contribution in [2.75, 3.05) is 31.1 Å². The number of hydrogen-bond acceptors (Lipinski definition) is 3. The summed E-state index contributed by atoms with van der Waals surface area (Å²) in [6.07, 6.45) is -8.86. The minimum atomic E-state index is -4.77.